The van der Waals surface area contributed by atoms with Crippen molar-refractivity contribution in [2.24, 2.45) is 5.73 Å². The molecule has 0 bridgehead atoms. The molecule has 0 aromatic carbocycles. The number of hydrogen-bond donors (Lipinski definition) is 3. The minimum atomic E-state index is -0.524. The number of nitrogens with two attached hydrogens (primary N) is 2. The van der Waals surface area contributed by atoms with Gasteiger partial charge in [0, 0.05) is 31.5 Å². The van der Waals surface area contributed by atoms with Crippen molar-refractivity contribution in [1.29, 1.82) is 0 Å². The molecule has 0 unspecified atom stereocenters. The van der Waals surface area contributed by atoms with E-state index in [9.17, 15) is 9.18 Å². The summed E-state index contributed by atoms with van der Waals surface area (Å²) in [6, 6.07) is 4.70. The van der Waals surface area contributed by atoms with Gasteiger partial charge in [0.05, 0.1) is 17.6 Å². The normalized spacial score (nSPS) is 16.6. The van der Waals surface area contributed by atoms with Crippen LogP contribution < -0.4 is 21.7 Å². The predicted octanol–water partition coefficient (Wildman–Crippen LogP) is 2.50. The Morgan fingerprint density at radius 3 is 3.00 bits per heavy atom. The lowest BCUT2D eigenvalue weighted by Gasteiger charge is -2.33. The average Bonchev–Trinajstić information content (AvgIpc) is 3.10. The lowest BCUT2D eigenvalue weighted by Crippen LogP contribution is -2.43. The molecule has 1 amide bonds. The zero-order chi connectivity index (χ0) is 20.4. The van der Waals surface area contributed by atoms with Gasteiger partial charge in [0.25, 0.3) is 5.91 Å². The first-order chi connectivity index (χ1) is 14.0. The molecule has 10 heteroatoms. The van der Waals surface area contributed by atoms with Gasteiger partial charge in [-0.2, -0.15) is 0 Å². The van der Waals surface area contributed by atoms with E-state index in [1.54, 1.807) is 12.4 Å². The van der Waals surface area contributed by atoms with Crippen LogP contribution in [0.5, 0.6) is 0 Å². The minimum absolute atomic E-state index is 0.0280. The predicted molar refractivity (Wildman–Crippen MR) is 111 cm³/mol. The molecule has 8 nitrogen and oxygen atoms in total. The van der Waals surface area contributed by atoms with Crippen LogP contribution in [0.1, 0.15) is 23.3 Å². The molecule has 4 rings (SSSR count). The van der Waals surface area contributed by atoms with E-state index in [1.807, 2.05) is 6.07 Å². The summed E-state index contributed by atoms with van der Waals surface area (Å²) < 4.78 is 14.0. The van der Waals surface area contributed by atoms with Crippen LogP contribution >= 0.6 is 11.3 Å². The Kier molecular flexibility index (Phi) is 5.36. The van der Waals surface area contributed by atoms with Gasteiger partial charge in [-0.3, -0.25) is 14.8 Å². The van der Waals surface area contributed by atoms with Crippen molar-refractivity contribution in [3.8, 4) is 10.7 Å². The fourth-order valence-corrected chi connectivity index (χ4v) is 4.14. The first-order valence-electron chi connectivity index (χ1n) is 9.16. The molecule has 1 fully saturated rings. The van der Waals surface area contributed by atoms with Crippen molar-refractivity contribution in [2.75, 3.05) is 29.0 Å². The highest BCUT2D eigenvalue weighted by Crippen LogP contribution is 2.32. The van der Waals surface area contributed by atoms with Gasteiger partial charge < -0.3 is 21.7 Å². The number of anilines is 3. The Bertz CT molecular complexity index is 1040. The molecule has 4 heterocycles. The number of nitrogens with one attached hydrogen (secondary N) is 1. The number of carbonyl (C=O) groups is 1. The van der Waals surface area contributed by atoms with Gasteiger partial charge in [-0.15, -0.1) is 0 Å². The van der Waals surface area contributed by atoms with Crippen LogP contribution in [0.4, 0.5) is 20.8 Å². The molecule has 0 spiro atoms. The Hall–Kier alpha value is -3.11. The average molecular weight is 413 g/mol. The highest BCUT2D eigenvalue weighted by atomic mass is 32.1. The Balaban J connectivity index is 1.59. The second-order valence-electron chi connectivity index (χ2n) is 6.76. The molecule has 0 aliphatic carbocycles. The summed E-state index contributed by atoms with van der Waals surface area (Å²) in [5.74, 6) is -1.01. The number of aromatic nitrogens is 3. The lowest BCUT2D eigenvalue weighted by atomic mass is 10.1. The highest BCUT2D eigenvalue weighted by molar-refractivity contribution is 7.19. The molecule has 1 aliphatic heterocycles. The molecule has 3 aromatic rings. The molecule has 1 saturated heterocycles. The molecule has 29 heavy (non-hydrogen) atoms. The zero-order valence-electron chi connectivity index (χ0n) is 15.5. The van der Waals surface area contributed by atoms with Gasteiger partial charge in [-0.05, 0) is 31.0 Å². The number of amides is 1. The Morgan fingerprint density at radius 2 is 2.21 bits per heavy atom. The number of halogens is 1. The summed E-state index contributed by atoms with van der Waals surface area (Å²) in [5.41, 5.74) is 13.6. The first kappa shape index (κ1) is 19.2. The Morgan fingerprint density at radius 1 is 1.34 bits per heavy atom. The van der Waals surface area contributed by atoms with Crippen molar-refractivity contribution < 1.29 is 9.18 Å². The zero-order valence-corrected chi connectivity index (χ0v) is 16.3. The van der Waals surface area contributed by atoms with E-state index >= 15 is 0 Å². The van der Waals surface area contributed by atoms with E-state index < -0.39 is 11.7 Å². The molecule has 0 saturated carbocycles. The van der Waals surface area contributed by atoms with E-state index in [0.717, 1.165) is 36.4 Å². The molecular formula is C19H20FN7OS. The topological polar surface area (TPSA) is 123 Å². The molecule has 1 atom stereocenters. The summed E-state index contributed by atoms with van der Waals surface area (Å²) in [5, 5.41) is 3.26. The molecule has 3 aromatic heterocycles. The van der Waals surface area contributed by atoms with Crippen molar-refractivity contribution in [2.45, 2.75) is 18.9 Å². The maximum atomic E-state index is 14.0. The number of thiazole rings is 1. The quantitative estimate of drug-likeness (QED) is 0.600. The van der Waals surface area contributed by atoms with E-state index in [2.05, 4.69) is 25.2 Å². The molecule has 0 radical (unpaired) electrons. The standard InChI is InChI=1S/C19H20FN7OS/c20-12-4-1-6-24-15(12)19-26-16(17(22)29-19)18(28)25-13-9-23-7-5-14(13)27-8-2-3-11(21)10-27/h1,4-7,9,11H,2-3,8,10,21-22H2,(H,25,28)/t11-/m0/s1. The van der Waals surface area contributed by atoms with Gasteiger partial charge >= 0.3 is 0 Å². The number of carbonyl (C=O) groups excluding carboxylic acids is 1. The van der Waals surface area contributed by atoms with E-state index in [-0.39, 0.29) is 27.4 Å². The third-order valence-electron chi connectivity index (χ3n) is 4.67. The molecule has 5 N–H and O–H groups in total. The SMILES string of the molecule is Nc1sc(-c2ncccc2F)nc1C(=O)Nc1cnccc1N1CCC[C@H](N)C1. The minimum Gasteiger partial charge on any atom is -0.389 e. The summed E-state index contributed by atoms with van der Waals surface area (Å²) in [7, 11) is 0. The number of hydrogen-bond acceptors (Lipinski definition) is 8. The monoisotopic (exact) mass is 413 g/mol. The van der Waals surface area contributed by atoms with E-state index in [1.165, 1.54) is 18.3 Å². The number of piperidine rings is 1. The lowest BCUT2D eigenvalue weighted by molar-refractivity contribution is 0.102. The molecule has 150 valence electrons. The second-order valence-corrected chi connectivity index (χ2v) is 7.79. The van der Waals surface area contributed by atoms with Crippen molar-refractivity contribution >= 4 is 33.6 Å². The van der Waals surface area contributed by atoms with Gasteiger partial charge in [-0.25, -0.2) is 9.37 Å². The summed E-state index contributed by atoms with van der Waals surface area (Å²) in [4.78, 5) is 27.3. The first-order valence-corrected chi connectivity index (χ1v) is 9.97. The van der Waals surface area contributed by atoms with Crippen molar-refractivity contribution in [3.63, 3.8) is 0 Å². The van der Waals surface area contributed by atoms with Crippen LogP contribution in [0.15, 0.2) is 36.8 Å². The van der Waals surface area contributed by atoms with Crippen LogP contribution in [-0.2, 0) is 0 Å². The van der Waals surface area contributed by atoms with Gasteiger partial charge in [0.15, 0.2) is 11.5 Å². The summed E-state index contributed by atoms with van der Waals surface area (Å²) in [6.07, 6.45) is 6.67. The van der Waals surface area contributed by atoms with Gasteiger partial charge in [0.1, 0.15) is 15.7 Å². The van der Waals surface area contributed by atoms with Crippen molar-refractivity contribution in [3.05, 3.63) is 48.3 Å². The van der Waals surface area contributed by atoms with Crippen LogP contribution in [-0.4, -0.2) is 40.0 Å². The maximum Gasteiger partial charge on any atom is 0.277 e. The highest BCUT2D eigenvalue weighted by Gasteiger charge is 2.23. The van der Waals surface area contributed by atoms with Gasteiger partial charge in [-0.1, -0.05) is 11.3 Å². The molecular weight excluding hydrogens is 393 g/mol. The third kappa shape index (κ3) is 4.03. The molecule has 1 aliphatic rings. The number of nitrogens with zero attached hydrogens (tertiary/aromatic N) is 4. The summed E-state index contributed by atoms with van der Waals surface area (Å²) >= 11 is 1.01. The van der Waals surface area contributed by atoms with E-state index in [4.69, 9.17) is 11.5 Å². The van der Waals surface area contributed by atoms with E-state index in [0.29, 0.717) is 12.2 Å². The second kappa shape index (κ2) is 8.10. The Labute approximate surface area is 170 Å². The number of pyridine rings is 2. The van der Waals surface area contributed by atoms with Crippen LogP contribution in [0.2, 0.25) is 0 Å². The largest absolute Gasteiger partial charge is 0.389 e. The fraction of sp³-hybridized carbons (Fsp3) is 0.263. The number of nitrogen functional groups attached to an aromatic ring is 1. The van der Waals surface area contributed by atoms with Crippen LogP contribution in [0.25, 0.3) is 10.7 Å². The fourth-order valence-electron chi connectivity index (χ4n) is 3.31. The van der Waals surface area contributed by atoms with Gasteiger partial charge in [0.2, 0.25) is 0 Å². The maximum absolute atomic E-state index is 14.0. The smallest absolute Gasteiger partial charge is 0.277 e. The third-order valence-corrected chi connectivity index (χ3v) is 5.57. The van der Waals surface area contributed by atoms with Crippen molar-refractivity contribution in [1.82, 2.24) is 15.0 Å². The van der Waals surface area contributed by atoms with Crippen LogP contribution in [0.3, 0.4) is 0 Å². The van der Waals surface area contributed by atoms with Crippen LogP contribution in [0, 0.1) is 5.82 Å². The number of rotatable bonds is 4. The summed E-state index contributed by atoms with van der Waals surface area (Å²) in [6.45, 7) is 1.55.